The fraction of sp³-hybridized carbons (Fsp3) is 0.380. The van der Waals surface area contributed by atoms with Gasteiger partial charge < -0.3 is 33.7 Å². The maximum atomic E-state index is 14.0. The van der Waals surface area contributed by atoms with Gasteiger partial charge in [-0.2, -0.15) is 5.10 Å². The SMILES string of the molecule is CCc1c2c(nc3ccc(OC(=O)N4CCC(N5CCCCC5)CC4)cc13)-c1cc3c(c(=O)n1C2)COC(=O)[C@]3(O)CC.COc1ccc(-c2cc(C(F)F)nn2-c2ccc(S(N)(=O)=O)cc2)cc1F. The molecule has 20 heteroatoms. The van der Waals surface area contributed by atoms with Crippen LogP contribution in [0.3, 0.4) is 0 Å². The van der Waals surface area contributed by atoms with Gasteiger partial charge >= 0.3 is 12.1 Å². The number of aliphatic hydroxyl groups is 1. The molecule has 0 saturated carbocycles. The number of primary sulfonamides is 1. The highest BCUT2D eigenvalue weighted by molar-refractivity contribution is 7.89. The van der Waals surface area contributed by atoms with Crippen LogP contribution in [0.1, 0.15) is 86.7 Å². The van der Waals surface area contributed by atoms with Crippen LogP contribution in [0.25, 0.3) is 39.2 Å². The molecule has 1 amide bonds. The van der Waals surface area contributed by atoms with E-state index in [4.69, 9.17) is 24.3 Å². The number of carbonyl (C=O) groups is 2. The molecule has 16 nitrogen and oxygen atoms in total. The molecule has 70 heavy (non-hydrogen) atoms. The molecule has 2 saturated heterocycles. The first kappa shape index (κ1) is 48.4. The van der Waals surface area contributed by atoms with Crippen molar-refractivity contribution < 1.29 is 50.5 Å². The molecule has 10 rings (SSSR count). The van der Waals surface area contributed by atoms with Gasteiger partial charge in [0.05, 0.1) is 52.4 Å². The molecule has 3 aromatic carbocycles. The number of cyclic esters (lactones) is 1. The topological polar surface area (TPSA) is 201 Å². The Labute approximate surface area is 401 Å². The van der Waals surface area contributed by atoms with Gasteiger partial charge in [-0.15, -0.1) is 0 Å². The number of fused-ring (bicyclic) bond motifs is 5. The normalized spacial score (nSPS) is 18.2. The van der Waals surface area contributed by atoms with E-state index in [-0.39, 0.29) is 41.0 Å². The van der Waals surface area contributed by atoms with E-state index < -0.39 is 39.5 Å². The lowest BCUT2D eigenvalue weighted by Gasteiger charge is -2.39. The third kappa shape index (κ3) is 9.04. The number of hydrogen-bond acceptors (Lipinski definition) is 12. The van der Waals surface area contributed by atoms with Crippen molar-refractivity contribution in [3.63, 3.8) is 0 Å². The fourth-order valence-electron chi connectivity index (χ4n) is 9.98. The number of nitrogens with two attached hydrogens (primary N) is 1. The van der Waals surface area contributed by atoms with Crippen LogP contribution in [0.5, 0.6) is 11.5 Å². The second kappa shape index (κ2) is 19.3. The number of hydrogen-bond donors (Lipinski definition) is 2. The molecule has 3 aromatic heterocycles. The lowest BCUT2D eigenvalue weighted by Crippen LogP contribution is -2.48. The number of likely N-dealkylation sites (tertiary alicyclic amines) is 2. The number of rotatable bonds is 9. The van der Waals surface area contributed by atoms with Crippen molar-refractivity contribution in [2.75, 3.05) is 33.3 Å². The summed E-state index contributed by atoms with van der Waals surface area (Å²) in [4.78, 5) is 48.4. The van der Waals surface area contributed by atoms with Crippen LogP contribution in [0.4, 0.5) is 18.0 Å². The molecule has 0 aliphatic carbocycles. The van der Waals surface area contributed by atoms with E-state index in [9.17, 15) is 41.1 Å². The van der Waals surface area contributed by atoms with Crippen LogP contribution in [0, 0.1) is 5.82 Å². The third-order valence-corrected chi connectivity index (χ3v) is 14.7. The van der Waals surface area contributed by atoms with Crippen LogP contribution in [0.15, 0.2) is 82.5 Å². The minimum atomic E-state index is -3.90. The summed E-state index contributed by atoms with van der Waals surface area (Å²) >= 11 is 0. The molecule has 0 bridgehead atoms. The fourth-order valence-corrected chi connectivity index (χ4v) is 10.5. The number of halogens is 3. The summed E-state index contributed by atoms with van der Waals surface area (Å²) in [5.41, 5.74) is 2.69. The first-order valence-corrected chi connectivity index (χ1v) is 24.8. The summed E-state index contributed by atoms with van der Waals surface area (Å²) in [6, 6.07) is 18.1. The highest BCUT2D eigenvalue weighted by Crippen LogP contribution is 2.41. The lowest BCUT2D eigenvalue weighted by molar-refractivity contribution is -0.172. The number of aryl methyl sites for hydroxylation is 1. The highest BCUT2D eigenvalue weighted by Gasteiger charge is 2.45. The molecule has 0 radical (unpaired) electrons. The first-order valence-electron chi connectivity index (χ1n) is 23.2. The van der Waals surface area contributed by atoms with E-state index >= 15 is 0 Å². The number of pyridine rings is 2. The number of sulfonamides is 1. The first-order chi connectivity index (χ1) is 33.5. The number of benzene rings is 3. The summed E-state index contributed by atoms with van der Waals surface area (Å²) in [6.45, 7) is 7.65. The van der Waals surface area contributed by atoms with E-state index in [0.717, 1.165) is 47.0 Å². The number of methoxy groups -OCH3 is 1. The molecule has 4 aliphatic rings. The minimum Gasteiger partial charge on any atom is -0.494 e. The average Bonchev–Trinajstić information content (AvgIpc) is 3.98. The Morgan fingerprint density at radius 1 is 0.943 bits per heavy atom. The molecule has 368 valence electrons. The van der Waals surface area contributed by atoms with Gasteiger partial charge in [0, 0.05) is 41.2 Å². The van der Waals surface area contributed by atoms with Crippen LogP contribution in [0.2, 0.25) is 0 Å². The van der Waals surface area contributed by atoms with Gasteiger partial charge in [0.2, 0.25) is 10.0 Å². The van der Waals surface area contributed by atoms with Gasteiger partial charge in [-0.3, -0.25) is 4.79 Å². The van der Waals surface area contributed by atoms with Gasteiger partial charge in [-0.25, -0.2) is 46.0 Å². The minimum absolute atomic E-state index is 0.0106. The molecular formula is C50H52F3N7O9S. The van der Waals surface area contributed by atoms with Crippen molar-refractivity contribution in [2.45, 2.75) is 94.9 Å². The van der Waals surface area contributed by atoms with Gasteiger partial charge in [-0.1, -0.05) is 20.3 Å². The number of carbonyl (C=O) groups excluding carboxylic acids is 2. The van der Waals surface area contributed by atoms with Gasteiger partial charge in [0.25, 0.3) is 12.0 Å². The standard InChI is InChI=1S/C33H38N4O6.C17H14F3N3O3S/c1-3-22-23-16-21(43-32(40)36-14-10-20(11-15-36)35-12-6-5-7-13-35)8-9-27(23)34-29-24(22)18-37-28(29)17-26-25(30(37)38)19-42-31(39)33(26,41)4-2;1-26-16-7-2-10(8-13(16)18)15-9-14(17(19)20)22-23(15)11-3-5-12(6-4-11)27(21,24)25/h8-9,16-17,20,41H,3-7,10-15,18-19H2,1-2H3;2-9,17H,1H3,(H2,21,24,25)/t33-;/m0./s1. The zero-order valence-corrected chi connectivity index (χ0v) is 39.6. The van der Waals surface area contributed by atoms with Crippen molar-refractivity contribution in [1.29, 1.82) is 0 Å². The zero-order valence-electron chi connectivity index (χ0n) is 38.8. The van der Waals surface area contributed by atoms with E-state index in [1.54, 1.807) is 23.6 Å². The summed E-state index contributed by atoms with van der Waals surface area (Å²) in [5.74, 6) is -0.916. The third-order valence-electron chi connectivity index (χ3n) is 13.8. The maximum absolute atomic E-state index is 14.0. The number of alkyl halides is 2. The summed E-state index contributed by atoms with van der Waals surface area (Å²) < 4.78 is 81.8. The second-order valence-corrected chi connectivity index (χ2v) is 19.4. The maximum Gasteiger partial charge on any atom is 0.415 e. The number of aromatic nitrogens is 4. The molecule has 2 fully saturated rings. The summed E-state index contributed by atoms with van der Waals surface area (Å²) in [5, 5.41) is 20.9. The highest BCUT2D eigenvalue weighted by atomic mass is 32.2. The Bertz CT molecular complexity index is 3190. The number of ether oxygens (including phenoxy) is 3. The van der Waals surface area contributed by atoms with Crippen LogP contribution in [-0.4, -0.2) is 94.0 Å². The van der Waals surface area contributed by atoms with E-state index in [1.165, 1.54) is 80.5 Å². The number of piperidine rings is 2. The van der Waals surface area contributed by atoms with Gasteiger partial charge in [-0.05, 0) is 130 Å². The van der Waals surface area contributed by atoms with Gasteiger partial charge in [0.1, 0.15) is 18.1 Å². The Morgan fingerprint density at radius 3 is 2.31 bits per heavy atom. The molecule has 0 unspecified atom stereocenters. The van der Waals surface area contributed by atoms with Crippen LogP contribution in [-0.2, 0) is 44.7 Å². The van der Waals surface area contributed by atoms with Gasteiger partial charge in [0.15, 0.2) is 17.2 Å². The van der Waals surface area contributed by atoms with Crippen molar-refractivity contribution in [1.82, 2.24) is 29.1 Å². The van der Waals surface area contributed by atoms with E-state index in [1.807, 2.05) is 17.0 Å². The zero-order chi connectivity index (χ0) is 49.6. The van der Waals surface area contributed by atoms with Crippen LogP contribution >= 0.6 is 0 Å². The second-order valence-electron chi connectivity index (χ2n) is 17.8. The molecule has 4 aliphatic heterocycles. The van der Waals surface area contributed by atoms with Crippen molar-refractivity contribution >= 4 is 33.0 Å². The smallest absolute Gasteiger partial charge is 0.415 e. The Hall–Kier alpha value is -6.61. The number of amides is 1. The Kier molecular flexibility index (Phi) is 13.3. The van der Waals surface area contributed by atoms with Crippen molar-refractivity contribution in [3.05, 3.63) is 117 Å². The molecule has 6 aromatic rings. The molecule has 3 N–H and O–H groups in total. The quantitative estimate of drug-likeness (QED) is 0.136. The van der Waals surface area contributed by atoms with Crippen LogP contribution < -0.4 is 20.2 Å². The summed E-state index contributed by atoms with van der Waals surface area (Å²) in [6.07, 6.45) is 3.43. The molecule has 7 heterocycles. The Balaban J connectivity index is 0.000000194. The molecule has 0 spiro atoms. The predicted octanol–water partition coefficient (Wildman–Crippen LogP) is 7.36. The van der Waals surface area contributed by atoms with Crippen molar-refractivity contribution in [3.8, 4) is 39.8 Å². The summed E-state index contributed by atoms with van der Waals surface area (Å²) in [7, 11) is -2.59. The average molecular weight is 984 g/mol. The Morgan fingerprint density at radius 2 is 1.67 bits per heavy atom. The number of esters is 1. The largest absolute Gasteiger partial charge is 0.494 e. The monoisotopic (exact) mass is 983 g/mol. The van der Waals surface area contributed by atoms with Crippen molar-refractivity contribution in [2.24, 2.45) is 5.14 Å². The molecular weight excluding hydrogens is 932 g/mol. The number of nitrogens with zero attached hydrogens (tertiary/aromatic N) is 6. The van der Waals surface area contributed by atoms with E-state index in [2.05, 4.69) is 16.9 Å². The predicted molar refractivity (Wildman–Crippen MR) is 252 cm³/mol. The van der Waals surface area contributed by atoms with E-state index in [0.29, 0.717) is 71.6 Å². The molecule has 1 atom stereocenters. The lowest BCUT2D eigenvalue weighted by atomic mass is 9.86.